The Morgan fingerprint density at radius 2 is 1.89 bits per heavy atom. The highest BCUT2D eigenvalue weighted by molar-refractivity contribution is 5.91. The van der Waals surface area contributed by atoms with E-state index in [-0.39, 0.29) is 5.91 Å². The summed E-state index contributed by atoms with van der Waals surface area (Å²) >= 11 is 0. The van der Waals surface area contributed by atoms with Crippen LogP contribution in [-0.2, 0) is 0 Å². The molecule has 0 saturated carbocycles. The first-order valence-electron chi connectivity index (χ1n) is 6.55. The van der Waals surface area contributed by atoms with Crippen molar-refractivity contribution in [2.24, 2.45) is 0 Å². The zero-order chi connectivity index (χ0) is 14.0. The van der Waals surface area contributed by atoms with Crippen molar-refractivity contribution in [1.82, 2.24) is 20.4 Å². The van der Waals surface area contributed by atoms with E-state index in [2.05, 4.69) is 46.2 Å². The zero-order valence-corrected chi connectivity index (χ0v) is 11.9. The van der Waals surface area contributed by atoms with Crippen LogP contribution in [0.3, 0.4) is 0 Å². The fourth-order valence-corrected chi connectivity index (χ4v) is 2.33. The van der Waals surface area contributed by atoms with Gasteiger partial charge < -0.3 is 10.2 Å². The highest BCUT2D eigenvalue weighted by atomic mass is 16.1. The highest BCUT2D eigenvalue weighted by Gasteiger charge is 2.27. The molecule has 0 radical (unpaired) electrons. The minimum atomic E-state index is -0.209. The summed E-state index contributed by atoms with van der Waals surface area (Å²) in [5.41, 5.74) is 0.349. The number of piperazine rings is 1. The fraction of sp³-hybridized carbons (Fsp3) is 0.615. The van der Waals surface area contributed by atoms with Crippen LogP contribution in [0, 0.1) is 0 Å². The van der Waals surface area contributed by atoms with E-state index in [9.17, 15) is 4.79 Å². The van der Waals surface area contributed by atoms with Crippen molar-refractivity contribution in [1.29, 1.82) is 0 Å². The molecule has 2 atom stereocenters. The smallest absolute Gasteiger partial charge is 0.271 e. The van der Waals surface area contributed by atoms with Crippen molar-refractivity contribution in [2.75, 3.05) is 32.1 Å². The largest absolute Gasteiger partial charge is 0.354 e. The van der Waals surface area contributed by atoms with Crippen molar-refractivity contribution < 1.29 is 4.79 Å². The molecule has 1 aliphatic heterocycles. The predicted molar refractivity (Wildman–Crippen MR) is 74.3 cm³/mol. The molecular formula is C13H21N5O. The van der Waals surface area contributed by atoms with Gasteiger partial charge in [-0.3, -0.25) is 9.69 Å². The van der Waals surface area contributed by atoms with E-state index in [1.54, 1.807) is 13.1 Å². The molecular weight excluding hydrogens is 242 g/mol. The molecule has 0 aliphatic carbocycles. The monoisotopic (exact) mass is 263 g/mol. The third kappa shape index (κ3) is 2.84. The van der Waals surface area contributed by atoms with Crippen LogP contribution in [0.5, 0.6) is 0 Å². The number of carbonyl (C=O) groups is 1. The molecule has 0 spiro atoms. The van der Waals surface area contributed by atoms with E-state index in [0.29, 0.717) is 17.8 Å². The average Bonchev–Trinajstić information content (AvgIpc) is 2.43. The van der Waals surface area contributed by atoms with Gasteiger partial charge in [-0.05, 0) is 33.0 Å². The molecule has 6 heteroatoms. The molecule has 1 aromatic rings. The Hall–Kier alpha value is -1.69. The van der Waals surface area contributed by atoms with Crippen LogP contribution < -0.4 is 10.2 Å². The number of hydrogen-bond acceptors (Lipinski definition) is 5. The van der Waals surface area contributed by atoms with Gasteiger partial charge in [0.25, 0.3) is 5.91 Å². The van der Waals surface area contributed by atoms with E-state index in [1.165, 1.54) is 0 Å². The molecule has 0 aromatic carbocycles. The molecule has 1 saturated heterocycles. The maximum Gasteiger partial charge on any atom is 0.271 e. The normalized spacial score (nSPS) is 24.3. The van der Waals surface area contributed by atoms with E-state index in [1.807, 2.05) is 6.07 Å². The Labute approximate surface area is 113 Å². The summed E-state index contributed by atoms with van der Waals surface area (Å²) < 4.78 is 0. The van der Waals surface area contributed by atoms with Gasteiger partial charge in [0.15, 0.2) is 11.5 Å². The van der Waals surface area contributed by atoms with Crippen molar-refractivity contribution >= 4 is 11.7 Å². The average molecular weight is 263 g/mol. The number of carbonyl (C=O) groups excluding carboxylic acids is 1. The van der Waals surface area contributed by atoms with Gasteiger partial charge in [0, 0.05) is 32.2 Å². The molecule has 104 valence electrons. The fourth-order valence-electron chi connectivity index (χ4n) is 2.33. The molecule has 2 rings (SSSR count). The van der Waals surface area contributed by atoms with E-state index in [0.717, 1.165) is 18.9 Å². The summed E-state index contributed by atoms with van der Waals surface area (Å²) in [5, 5.41) is 10.7. The number of hydrogen-bond donors (Lipinski definition) is 1. The van der Waals surface area contributed by atoms with Gasteiger partial charge in [0.1, 0.15) is 0 Å². The van der Waals surface area contributed by atoms with Gasteiger partial charge in [-0.1, -0.05) is 0 Å². The number of likely N-dealkylation sites (N-methyl/N-ethyl adjacent to an activating group) is 1. The molecule has 1 aromatic heterocycles. The van der Waals surface area contributed by atoms with E-state index in [4.69, 9.17) is 0 Å². The Morgan fingerprint density at radius 1 is 1.26 bits per heavy atom. The lowest BCUT2D eigenvalue weighted by molar-refractivity contribution is 0.0957. The number of nitrogens with zero attached hydrogens (tertiary/aromatic N) is 4. The molecule has 1 amide bonds. The van der Waals surface area contributed by atoms with Gasteiger partial charge in [-0.15, -0.1) is 10.2 Å². The summed E-state index contributed by atoms with van der Waals surface area (Å²) in [6, 6.07) is 4.53. The quantitative estimate of drug-likeness (QED) is 0.835. The minimum Gasteiger partial charge on any atom is -0.354 e. The second kappa shape index (κ2) is 5.52. The van der Waals surface area contributed by atoms with Crippen LogP contribution in [0.4, 0.5) is 5.82 Å². The second-order valence-corrected chi connectivity index (χ2v) is 5.12. The summed E-state index contributed by atoms with van der Waals surface area (Å²) in [7, 11) is 3.73. The van der Waals surface area contributed by atoms with E-state index < -0.39 is 0 Å². The van der Waals surface area contributed by atoms with Crippen LogP contribution in [0.25, 0.3) is 0 Å². The summed E-state index contributed by atoms with van der Waals surface area (Å²) in [6.45, 7) is 6.26. The Kier molecular flexibility index (Phi) is 3.99. The standard InChI is InChI=1S/C13H21N5O/c1-9-7-18(8-10(2)17(9)4)12-6-5-11(15-16-12)13(19)14-3/h5-6,9-10H,7-8H2,1-4H3,(H,14,19). The lowest BCUT2D eigenvalue weighted by Gasteiger charge is -2.42. The van der Waals surface area contributed by atoms with Gasteiger partial charge in [0.05, 0.1) is 0 Å². The number of amides is 1. The minimum absolute atomic E-state index is 0.209. The first kappa shape index (κ1) is 13.7. The number of anilines is 1. The Balaban J connectivity index is 2.12. The summed E-state index contributed by atoms with van der Waals surface area (Å²) in [6.07, 6.45) is 0. The van der Waals surface area contributed by atoms with Crippen LogP contribution in [0.2, 0.25) is 0 Å². The predicted octanol–water partition coefficient (Wildman–Crippen LogP) is 0.365. The molecule has 1 fully saturated rings. The maximum absolute atomic E-state index is 11.4. The van der Waals surface area contributed by atoms with Crippen LogP contribution >= 0.6 is 0 Å². The molecule has 0 bridgehead atoms. The van der Waals surface area contributed by atoms with Crippen molar-refractivity contribution in [3.63, 3.8) is 0 Å². The van der Waals surface area contributed by atoms with Gasteiger partial charge >= 0.3 is 0 Å². The first-order chi connectivity index (χ1) is 9.02. The zero-order valence-electron chi connectivity index (χ0n) is 11.9. The highest BCUT2D eigenvalue weighted by Crippen LogP contribution is 2.18. The molecule has 2 unspecified atom stereocenters. The third-order valence-electron chi connectivity index (χ3n) is 3.79. The molecule has 6 nitrogen and oxygen atoms in total. The van der Waals surface area contributed by atoms with Gasteiger partial charge in [0.2, 0.25) is 0 Å². The van der Waals surface area contributed by atoms with Crippen molar-refractivity contribution in [3.05, 3.63) is 17.8 Å². The Morgan fingerprint density at radius 3 is 2.37 bits per heavy atom. The number of rotatable bonds is 2. The summed E-state index contributed by atoms with van der Waals surface area (Å²) in [5.74, 6) is 0.624. The maximum atomic E-state index is 11.4. The lowest BCUT2D eigenvalue weighted by Crippen LogP contribution is -2.55. The molecule has 19 heavy (non-hydrogen) atoms. The third-order valence-corrected chi connectivity index (χ3v) is 3.79. The topological polar surface area (TPSA) is 61.4 Å². The van der Waals surface area contributed by atoms with E-state index >= 15 is 0 Å². The summed E-state index contributed by atoms with van der Waals surface area (Å²) in [4.78, 5) is 16.0. The Bertz CT molecular complexity index is 435. The lowest BCUT2D eigenvalue weighted by atomic mass is 10.1. The first-order valence-corrected chi connectivity index (χ1v) is 6.55. The van der Waals surface area contributed by atoms with Gasteiger partial charge in [-0.25, -0.2) is 0 Å². The van der Waals surface area contributed by atoms with Crippen molar-refractivity contribution in [2.45, 2.75) is 25.9 Å². The molecule has 1 N–H and O–H groups in total. The van der Waals surface area contributed by atoms with Crippen LogP contribution in [0.1, 0.15) is 24.3 Å². The molecule has 2 heterocycles. The van der Waals surface area contributed by atoms with Crippen LogP contribution in [0.15, 0.2) is 12.1 Å². The number of nitrogens with one attached hydrogen (secondary N) is 1. The SMILES string of the molecule is CNC(=O)c1ccc(N2CC(C)N(C)C(C)C2)nn1. The van der Waals surface area contributed by atoms with Gasteiger partial charge in [-0.2, -0.15) is 0 Å². The second-order valence-electron chi connectivity index (χ2n) is 5.12. The number of aromatic nitrogens is 2. The van der Waals surface area contributed by atoms with Crippen molar-refractivity contribution in [3.8, 4) is 0 Å². The molecule has 1 aliphatic rings. The van der Waals surface area contributed by atoms with Crippen LogP contribution in [-0.4, -0.2) is 60.3 Å².